The molecule has 178 valence electrons. The molecule has 2 aliphatic carbocycles. The number of Topliss-reactive ketones (excluding diaryl/α,β-unsaturated/α-hetero) is 2. The molecule has 4 atom stereocenters. The van der Waals surface area contributed by atoms with E-state index in [-0.39, 0.29) is 29.4 Å². The fourth-order valence-electron chi connectivity index (χ4n) is 6.15. The predicted octanol–water partition coefficient (Wildman–Crippen LogP) is 4.85. The van der Waals surface area contributed by atoms with Crippen LogP contribution in [0.5, 0.6) is 0 Å². The molecule has 4 unspecified atom stereocenters. The van der Waals surface area contributed by atoms with Crippen LogP contribution >= 0.6 is 0 Å². The van der Waals surface area contributed by atoms with Crippen molar-refractivity contribution in [2.75, 3.05) is 6.54 Å². The second-order valence-corrected chi connectivity index (χ2v) is 10.4. The van der Waals surface area contributed by atoms with Crippen LogP contribution in [-0.2, 0) is 9.59 Å². The molecule has 4 rings (SSSR count). The van der Waals surface area contributed by atoms with Crippen LogP contribution in [0.15, 0.2) is 39.4 Å². The molecular formula is C27H38N4O2. The Hall–Kier alpha value is -2.37. The van der Waals surface area contributed by atoms with Crippen molar-refractivity contribution in [3.8, 4) is 0 Å². The maximum Gasteiger partial charge on any atom is 0.198 e. The molecular weight excluding hydrogens is 412 g/mol. The zero-order valence-corrected chi connectivity index (χ0v) is 20.4. The van der Waals surface area contributed by atoms with E-state index in [2.05, 4.69) is 31.0 Å². The standard InChI is InChI=1S/C27H38N4O2/c1-5-19-13-21(14-20(19)6-2)23-15-24-22(16-28-23)26(30-18(4)29-24)31-27(10-7-8-11-27)12-9-25(33)17(3)32/h5,15,19-22H,1,6-14,16H2,2-4H3,(H,29,30,31). The van der Waals surface area contributed by atoms with E-state index in [0.29, 0.717) is 30.7 Å². The molecule has 0 spiro atoms. The average molecular weight is 451 g/mol. The Morgan fingerprint density at radius 2 is 2.06 bits per heavy atom. The van der Waals surface area contributed by atoms with E-state index in [1.165, 1.54) is 25.5 Å². The third kappa shape index (κ3) is 5.10. The van der Waals surface area contributed by atoms with Gasteiger partial charge in [-0.15, -0.1) is 6.58 Å². The third-order valence-corrected chi connectivity index (χ3v) is 8.15. The summed E-state index contributed by atoms with van der Waals surface area (Å²) in [6, 6.07) is 0. The van der Waals surface area contributed by atoms with Crippen LogP contribution in [0, 0.1) is 23.7 Å². The van der Waals surface area contributed by atoms with Gasteiger partial charge in [0.05, 0.1) is 18.0 Å². The number of nitrogens with one attached hydrogen (secondary N) is 1. The molecule has 33 heavy (non-hydrogen) atoms. The van der Waals surface area contributed by atoms with Gasteiger partial charge in [-0.3, -0.25) is 19.6 Å². The molecule has 0 aromatic heterocycles. The van der Waals surface area contributed by atoms with E-state index in [1.807, 2.05) is 6.92 Å². The molecule has 0 bridgehead atoms. The Kier molecular flexibility index (Phi) is 7.10. The van der Waals surface area contributed by atoms with Crippen LogP contribution < -0.4 is 5.32 Å². The number of dihydropyridines is 1. The maximum absolute atomic E-state index is 12.0. The Morgan fingerprint density at radius 3 is 2.70 bits per heavy atom. The van der Waals surface area contributed by atoms with E-state index in [9.17, 15) is 9.59 Å². The van der Waals surface area contributed by atoms with Crippen molar-refractivity contribution in [1.82, 2.24) is 5.32 Å². The molecule has 2 aliphatic heterocycles. The SMILES string of the molecule is C=CC1CC(C2=NCC3C(=C2)NC(C)=NC3=NC2(CCC(=O)C(C)=O)CCCC2)CC1CC. The first-order chi connectivity index (χ1) is 15.8. The van der Waals surface area contributed by atoms with Crippen LogP contribution in [0.4, 0.5) is 0 Å². The second kappa shape index (κ2) is 9.86. The van der Waals surface area contributed by atoms with Gasteiger partial charge in [0.1, 0.15) is 11.7 Å². The lowest BCUT2D eigenvalue weighted by Gasteiger charge is -2.32. The minimum absolute atomic E-state index is 0.0389. The van der Waals surface area contributed by atoms with Gasteiger partial charge < -0.3 is 5.32 Å². The Labute approximate surface area is 197 Å². The van der Waals surface area contributed by atoms with Crippen molar-refractivity contribution in [1.29, 1.82) is 0 Å². The Morgan fingerprint density at radius 1 is 1.30 bits per heavy atom. The number of carbonyl (C=O) groups excluding carboxylic acids is 2. The molecule has 0 amide bonds. The zero-order valence-electron chi connectivity index (χ0n) is 20.4. The lowest BCUT2D eigenvalue weighted by atomic mass is 9.88. The van der Waals surface area contributed by atoms with Gasteiger partial charge in [0.15, 0.2) is 11.6 Å². The number of nitrogens with zero attached hydrogens (tertiary/aromatic N) is 3. The summed E-state index contributed by atoms with van der Waals surface area (Å²) in [5.74, 6) is 2.85. The number of aliphatic imine (C=N–C) groups is 3. The van der Waals surface area contributed by atoms with Gasteiger partial charge in [-0.05, 0) is 56.9 Å². The normalized spacial score (nSPS) is 31.8. The van der Waals surface area contributed by atoms with E-state index in [0.717, 1.165) is 49.5 Å². The minimum Gasteiger partial charge on any atom is -0.347 e. The number of carbonyl (C=O) groups is 2. The summed E-state index contributed by atoms with van der Waals surface area (Å²) in [5.41, 5.74) is 2.07. The number of rotatable bonds is 8. The fraction of sp³-hybridized carbons (Fsp3) is 0.667. The smallest absolute Gasteiger partial charge is 0.198 e. The minimum atomic E-state index is -0.359. The highest BCUT2D eigenvalue weighted by Crippen LogP contribution is 2.42. The number of allylic oxidation sites excluding steroid dienone is 2. The lowest BCUT2D eigenvalue weighted by molar-refractivity contribution is -0.135. The van der Waals surface area contributed by atoms with Gasteiger partial charge in [-0.25, -0.2) is 4.99 Å². The summed E-state index contributed by atoms with van der Waals surface area (Å²) in [6.45, 7) is 10.3. The van der Waals surface area contributed by atoms with Crippen LogP contribution in [0.2, 0.25) is 0 Å². The van der Waals surface area contributed by atoms with Gasteiger partial charge in [0.2, 0.25) is 0 Å². The van der Waals surface area contributed by atoms with Gasteiger partial charge in [0, 0.05) is 30.7 Å². The van der Waals surface area contributed by atoms with Crippen LogP contribution in [0.1, 0.15) is 78.6 Å². The summed E-state index contributed by atoms with van der Waals surface area (Å²) in [6.07, 6.45) is 12.9. The number of hydrogen-bond donors (Lipinski definition) is 1. The van der Waals surface area contributed by atoms with Crippen molar-refractivity contribution < 1.29 is 9.59 Å². The number of fused-ring (bicyclic) bond motifs is 1. The van der Waals surface area contributed by atoms with Crippen LogP contribution in [0.25, 0.3) is 0 Å². The first kappa shape index (κ1) is 23.8. The molecule has 6 nitrogen and oxygen atoms in total. The van der Waals surface area contributed by atoms with Crippen molar-refractivity contribution in [3.63, 3.8) is 0 Å². The van der Waals surface area contributed by atoms with Gasteiger partial charge >= 0.3 is 0 Å². The summed E-state index contributed by atoms with van der Waals surface area (Å²) < 4.78 is 0. The zero-order chi connectivity index (χ0) is 23.6. The van der Waals surface area contributed by atoms with Crippen molar-refractivity contribution in [3.05, 3.63) is 24.4 Å². The molecule has 0 radical (unpaired) electrons. The monoisotopic (exact) mass is 450 g/mol. The van der Waals surface area contributed by atoms with E-state index >= 15 is 0 Å². The molecule has 2 heterocycles. The number of ketones is 2. The van der Waals surface area contributed by atoms with Crippen molar-refractivity contribution in [2.45, 2.75) is 84.1 Å². The largest absolute Gasteiger partial charge is 0.347 e. The Balaban J connectivity index is 1.55. The van der Waals surface area contributed by atoms with Crippen molar-refractivity contribution in [2.24, 2.45) is 38.6 Å². The summed E-state index contributed by atoms with van der Waals surface area (Å²) in [4.78, 5) is 38.5. The topological polar surface area (TPSA) is 83.2 Å². The van der Waals surface area contributed by atoms with E-state index < -0.39 is 0 Å². The lowest BCUT2D eigenvalue weighted by Crippen LogP contribution is -2.41. The number of hydrogen-bond acceptors (Lipinski definition) is 5. The van der Waals surface area contributed by atoms with Gasteiger partial charge in [-0.2, -0.15) is 0 Å². The summed E-state index contributed by atoms with van der Waals surface area (Å²) >= 11 is 0. The fourth-order valence-corrected chi connectivity index (χ4v) is 6.15. The van der Waals surface area contributed by atoms with Crippen LogP contribution in [-0.4, -0.2) is 41.0 Å². The quantitative estimate of drug-likeness (QED) is 0.424. The third-order valence-electron chi connectivity index (χ3n) is 8.15. The van der Waals surface area contributed by atoms with Crippen molar-refractivity contribution >= 4 is 28.9 Å². The summed E-state index contributed by atoms with van der Waals surface area (Å²) in [7, 11) is 0. The summed E-state index contributed by atoms with van der Waals surface area (Å²) in [5, 5.41) is 3.49. The molecule has 2 fully saturated rings. The highest BCUT2D eigenvalue weighted by Gasteiger charge is 2.39. The highest BCUT2D eigenvalue weighted by atomic mass is 16.2. The Bertz CT molecular complexity index is 936. The predicted molar refractivity (Wildman–Crippen MR) is 134 cm³/mol. The van der Waals surface area contributed by atoms with E-state index in [4.69, 9.17) is 15.0 Å². The van der Waals surface area contributed by atoms with Gasteiger partial charge in [-0.1, -0.05) is 32.3 Å². The number of amidine groups is 2. The first-order valence-electron chi connectivity index (χ1n) is 12.7. The molecule has 0 aromatic rings. The average Bonchev–Trinajstić information content (AvgIpc) is 3.44. The van der Waals surface area contributed by atoms with Gasteiger partial charge in [0.25, 0.3) is 0 Å². The van der Waals surface area contributed by atoms with Crippen LogP contribution in [0.3, 0.4) is 0 Å². The molecule has 4 aliphatic rings. The second-order valence-electron chi connectivity index (χ2n) is 10.4. The first-order valence-corrected chi connectivity index (χ1v) is 12.7. The molecule has 0 saturated heterocycles. The maximum atomic E-state index is 12.0. The molecule has 2 saturated carbocycles. The van der Waals surface area contributed by atoms with E-state index in [1.54, 1.807) is 0 Å². The molecule has 6 heteroatoms. The molecule has 1 N–H and O–H groups in total. The highest BCUT2D eigenvalue weighted by molar-refractivity contribution is 6.36. The molecule has 0 aromatic carbocycles.